The second kappa shape index (κ2) is 7.31. The van der Waals surface area contributed by atoms with Crippen LogP contribution in [0.15, 0.2) is 28.7 Å². The lowest BCUT2D eigenvalue weighted by Crippen LogP contribution is -2.31. The third-order valence-corrected chi connectivity index (χ3v) is 3.35. The number of alkyl halides is 1. The van der Waals surface area contributed by atoms with Crippen molar-refractivity contribution in [3.05, 3.63) is 34.3 Å². The summed E-state index contributed by atoms with van der Waals surface area (Å²) >= 11 is 9.36. The Balaban J connectivity index is 2.40. The number of halogens is 2. The van der Waals surface area contributed by atoms with Gasteiger partial charge in [0.1, 0.15) is 0 Å². The minimum atomic E-state index is 0.408. The minimum absolute atomic E-state index is 0.408. The number of benzene rings is 1. The standard InChI is InChI=1S/C13H19BrClN/c1-10(2)7-13(8-15)16-9-11-3-5-12(14)6-4-11/h3-6,10,13,16H,7-9H2,1-2H3. The van der Waals surface area contributed by atoms with E-state index in [0.29, 0.717) is 17.8 Å². The molecule has 0 heterocycles. The van der Waals surface area contributed by atoms with Gasteiger partial charge >= 0.3 is 0 Å². The third-order valence-electron chi connectivity index (χ3n) is 2.45. The van der Waals surface area contributed by atoms with Crippen LogP contribution in [0.2, 0.25) is 0 Å². The highest BCUT2D eigenvalue weighted by Crippen LogP contribution is 2.11. The van der Waals surface area contributed by atoms with E-state index in [1.54, 1.807) is 0 Å². The number of nitrogens with one attached hydrogen (secondary N) is 1. The Morgan fingerprint density at radius 1 is 1.25 bits per heavy atom. The lowest BCUT2D eigenvalue weighted by atomic mass is 10.0. The monoisotopic (exact) mass is 303 g/mol. The lowest BCUT2D eigenvalue weighted by molar-refractivity contribution is 0.445. The van der Waals surface area contributed by atoms with Crippen molar-refractivity contribution >= 4 is 27.5 Å². The molecular weight excluding hydrogens is 286 g/mol. The second-order valence-electron chi connectivity index (χ2n) is 4.49. The van der Waals surface area contributed by atoms with E-state index in [1.807, 2.05) is 0 Å². The van der Waals surface area contributed by atoms with E-state index in [-0.39, 0.29) is 0 Å². The molecule has 16 heavy (non-hydrogen) atoms. The molecule has 0 aliphatic rings. The van der Waals surface area contributed by atoms with Crippen molar-refractivity contribution in [3.63, 3.8) is 0 Å². The zero-order valence-electron chi connectivity index (χ0n) is 9.84. The SMILES string of the molecule is CC(C)CC(CCl)NCc1ccc(Br)cc1. The van der Waals surface area contributed by atoms with Crippen LogP contribution in [0.25, 0.3) is 0 Å². The molecule has 1 rings (SSSR count). The molecule has 0 fully saturated rings. The van der Waals surface area contributed by atoms with Gasteiger partial charge in [-0.05, 0) is 30.0 Å². The van der Waals surface area contributed by atoms with Crippen LogP contribution < -0.4 is 5.32 Å². The van der Waals surface area contributed by atoms with Crippen molar-refractivity contribution in [2.24, 2.45) is 5.92 Å². The summed E-state index contributed by atoms with van der Waals surface area (Å²) in [4.78, 5) is 0. The summed E-state index contributed by atoms with van der Waals surface area (Å²) in [5.41, 5.74) is 1.29. The molecule has 1 unspecified atom stereocenters. The van der Waals surface area contributed by atoms with Crippen LogP contribution in [-0.4, -0.2) is 11.9 Å². The predicted octanol–water partition coefficient (Wildman–Crippen LogP) is 4.19. The molecule has 0 aliphatic carbocycles. The average molecular weight is 305 g/mol. The van der Waals surface area contributed by atoms with Crippen LogP contribution in [0.4, 0.5) is 0 Å². The highest BCUT2D eigenvalue weighted by molar-refractivity contribution is 9.10. The highest BCUT2D eigenvalue weighted by atomic mass is 79.9. The molecule has 0 spiro atoms. The smallest absolute Gasteiger partial charge is 0.0377 e. The lowest BCUT2D eigenvalue weighted by Gasteiger charge is -2.18. The molecule has 0 saturated heterocycles. The fraction of sp³-hybridized carbons (Fsp3) is 0.538. The molecule has 1 aromatic carbocycles. The second-order valence-corrected chi connectivity index (χ2v) is 5.71. The normalized spacial score (nSPS) is 13.1. The molecule has 0 amide bonds. The Kier molecular flexibility index (Phi) is 6.40. The van der Waals surface area contributed by atoms with Gasteiger partial charge in [0.05, 0.1) is 0 Å². The molecule has 1 atom stereocenters. The quantitative estimate of drug-likeness (QED) is 0.777. The van der Waals surface area contributed by atoms with Gasteiger partial charge in [-0.3, -0.25) is 0 Å². The van der Waals surface area contributed by atoms with Crippen molar-refractivity contribution in [1.29, 1.82) is 0 Å². The molecular formula is C13H19BrClN. The van der Waals surface area contributed by atoms with E-state index >= 15 is 0 Å². The molecule has 3 heteroatoms. The van der Waals surface area contributed by atoms with Gasteiger partial charge in [0.2, 0.25) is 0 Å². The highest BCUT2D eigenvalue weighted by Gasteiger charge is 2.08. The van der Waals surface area contributed by atoms with Crippen molar-refractivity contribution in [2.45, 2.75) is 32.9 Å². The molecule has 1 nitrogen and oxygen atoms in total. The first-order valence-corrected chi connectivity index (χ1v) is 6.98. The summed E-state index contributed by atoms with van der Waals surface area (Å²) in [6.07, 6.45) is 1.13. The van der Waals surface area contributed by atoms with Gasteiger partial charge in [0, 0.05) is 22.9 Å². The zero-order valence-corrected chi connectivity index (χ0v) is 12.2. The summed E-state index contributed by atoms with van der Waals surface area (Å²) in [6, 6.07) is 8.78. The van der Waals surface area contributed by atoms with Crippen molar-refractivity contribution < 1.29 is 0 Å². The van der Waals surface area contributed by atoms with E-state index in [2.05, 4.69) is 59.4 Å². The van der Waals surface area contributed by atoms with Gasteiger partial charge < -0.3 is 5.32 Å². The third kappa shape index (κ3) is 5.33. The maximum Gasteiger partial charge on any atom is 0.0377 e. The first kappa shape index (κ1) is 14.0. The Morgan fingerprint density at radius 3 is 2.38 bits per heavy atom. The summed E-state index contributed by atoms with van der Waals surface area (Å²) in [6.45, 7) is 5.33. The first-order valence-electron chi connectivity index (χ1n) is 5.65. The largest absolute Gasteiger partial charge is 0.309 e. The molecule has 0 saturated carbocycles. The molecule has 0 radical (unpaired) electrons. The molecule has 90 valence electrons. The Morgan fingerprint density at radius 2 is 1.88 bits per heavy atom. The number of hydrogen-bond donors (Lipinski definition) is 1. The van der Waals surface area contributed by atoms with E-state index in [4.69, 9.17) is 11.6 Å². The van der Waals surface area contributed by atoms with Crippen LogP contribution in [0.3, 0.4) is 0 Å². The Hall–Kier alpha value is -0.0500. The molecule has 1 aromatic rings. The minimum Gasteiger partial charge on any atom is -0.309 e. The fourth-order valence-corrected chi connectivity index (χ4v) is 2.13. The summed E-state index contributed by atoms with van der Waals surface area (Å²) < 4.78 is 1.12. The van der Waals surface area contributed by atoms with Gasteiger partial charge in [-0.1, -0.05) is 41.9 Å². The van der Waals surface area contributed by atoms with Gasteiger partial charge in [-0.25, -0.2) is 0 Å². The van der Waals surface area contributed by atoms with Crippen LogP contribution >= 0.6 is 27.5 Å². The first-order chi connectivity index (χ1) is 7.61. The van der Waals surface area contributed by atoms with Crippen molar-refractivity contribution in [1.82, 2.24) is 5.32 Å². The number of hydrogen-bond acceptors (Lipinski definition) is 1. The molecule has 0 aromatic heterocycles. The van der Waals surface area contributed by atoms with Crippen molar-refractivity contribution in [2.75, 3.05) is 5.88 Å². The van der Waals surface area contributed by atoms with E-state index in [1.165, 1.54) is 5.56 Å². The van der Waals surface area contributed by atoms with Gasteiger partial charge in [0.15, 0.2) is 0 Å². The fourth-order valence-electron chi connectivity index (χ4n) is 1.63. The zero-order chi connectivity index (χ0) is 12.0. The van der Waals surface area contributed by atoms with Crippen LogP contribution in [-0.2, 0) is 6.54 Å². The summed E-state index contributed by atoms with van der Waals surface area (Å²) in [7, 11) is 0. The Bertz CT molecular complexity index is 297. The van der Waals surface area contributed by atoms with E-state index in [0.717, 1.165) is 17.4 Å². The topological polar surface area (TPSA) is 12.0 Å². The molecule has 1 N–H and O–H groups in total. The van der Waals surface area contributed by atoms with E-state index < -0.39 is 0 Å². The maximum atomic E-state index is 5.93. The molecule has 0 aliphatic heterocycles. The van der Waals surface area contributed by atoms with Gasteiger partial charge in [0.25, 0.3) is 0 Å². The average Bonchev–Trinajstić information content (AvgIpc) is 2.26. The summed E-state index contributed by atoms with van der Waals surface area (Å²) in [5.74, 6) is 1.36. The van der Waals surface area contributed by atoms with Gasteiger partial charge in [-0.15, -0.1) is 11.6 Å². The van der Waals surface area contributed by atoms with Crippen LogP contribution in [0.1, 0.15) is 25.8 Å². The molecule has 0 bridgehead atoms. The number of rotatable bonds is 6. The van der Waals surface area contributed by atoms with Crippen LogP contribution in [0, 0.1) is 5.92 Å². The maximum absolute atomic E-state index is 5.93. The predicted molar refractivity (Wildman–Crippen MR) is 74.9 cm³/mol. The van der Waals surface area contributed by atoms with Gasteiger partial charge in [-0.2, -0.15) is 0 Å². The van der Waals surface area contributed by atoms with Crippen LogP contribution in [0.5, 0.6) is 0 Å². The van der Waals surface area contributed by atoms with Crippen molar-refractivity contribution in [3.8, 4) is 0 Å². The Labute approximate surface area is 112 Å². The van der Waals surface area contributed by atoms with E-state index in [9.17, 15) is 0 Å². The summed E-state index contributed by atoms with van der Waals surface area (Å²) in [5, 5.41) is 3.49.